The Balaban J connectivity index is 1.88. The van der Waals surface area contributed by atoms with E-state index in [2.05, 4.69) is 38.7 Å². The van der Waals surface area contributed by atoms with Gasteiger partial charge in [0.2, 0.25) is 0 Å². The van der Waals surface area contributed by atoms with Gasteiger partial charge in [0, 0.05) is 17.9 Å². The summed E-state index contributed by atoms with van der Waals surface area (Å²) in [5, 5.41) is 1.17. The van der Waals surface area contributed by atoms with E-state index in [9.17, 15) is 0 Å². The van der Waals surface area contributed by atoms with Crippen molar-refractivity contribution in [3.8, 4) is 0 Å². The van der Waals surface area contributed by atoms with Crippen LogP contribution in [-0.2, 0) is 15.6 Å². The van der Waals surface area contributed by atoms with Gasteiger partial charge in [-0.3, -0.25) is 4.98 Å². The Labute approximate surface area is 120 Å². The molecule has 0 spiro atoms. The number of pyridine rings is 1. The third kappa shape index (κ3) is 2.23. The largest absolute Gasteiger partial charge is 0.462 e. The summed E-state index contributed by atoms with van der Waals surface area (Å²) in [4.78, 5) is 4.39. The van der Waals surface area contributed by atoms with Gasteiger partial charge in [0.05, 0.1) is 16.7 Å². The Bertz CT molecular complexity index is 618. The highest BCUT2D eigenvalue weighted by Gasteiger charge is 2.50. The summed E-state index contributed by atoms with van der Waals surface area (Å²) in [7, 11) is -0.203. The molecule has 0 bridgehead atoms. The number of aromatic nitrogens is 1. The monoisotopic (exact) mass is 269 g/mol. The number of rotatable bonds is 2. The fourth-order valence-electron chi connectivity index (χ4n) is 2.56. The van der Waals surface area contributed by atoms with Crippen LogP contribution in [0.25, 0.3) is 10.9 Å². The van der Waals surface area contributed by atoms with Gasteiger partial charge in [0.1, 0.15) is 0 Å². The molecule has 1 saturated heterocycles. The second kappa shape index (κ2) is 4.57. The molecule has 20 heavy (non-hydrogen) atoms. The molecule has 0 radical (unpaired) electrons. The number of para-hydroxylation sites is 1. The minimum atomic E-state index is -0.277. The highest BCUT2D eigenvalue weighted by Crippen LogP contribution is 2.37. The lowest BCUT2D eigenvalue weighted by Crippen LogP contribution is -2.41. The smallest absolute Gasteiger partial charge is 0.403 e. The van der Waals surface area contributed by atoms with Crippen molar-refractivity contribution in [2.75, 3.05) is 0 Å². The van der Waals surface area contributed by atoms with Crippen LogP contribution in [0.15, 0.2) is 36.5 Å². The molecule has 0 saturated carbocycles. The van der Waals surface area contributed by atoms with Crippen LogP contribution in [0, 0.1) is 0 Å². The SMILES string of the molecule is CC1(C)OB(Cc2ccnc3ccccc23)OC1(C)C. The second-order valence-electron chi connectivity index (χ2n) is 6.38. The van der Waals surface area contributed by atoms with E-state index in [0.717, 1.165) is 11.8 Å². The first-order valence-corrected chi connectivity index (χ1v) is 7.07. The zero-order valence-corrected chi connectivity index (χ0v) is 12.5. The Morgan fingerprint density at radius 1 is 1.00 bits per heavy atom. The first-order valence-electron chi connectivity index (χ1n) is 7.07. The Morgan fingerprint density at radius 3 is 2.35 bits per heavy atom. The van der Waals surface area contributed by atoms with Gasteiger partial charge in [0.25, 0.3) is 0 Å². The Kier molecular flexibility index (Phi) is 3.11. The highest BCUT2D eigenvalue weighted by atomic mass is 16.7. The molecule has 2 aromatic rings. The van der Waals surface area contributed by atoms with E-state index in [1.807, 2.05) is 30.5 Å². The van der Waals surface area contributed by atoms with Gasteiger partial charge < -0.3 is 9.31 Å². The lowest BCUT2D eigenvalue weighted by molar-refractivity contribution is 0.00578. The van der Waals surface area contributed by atoms with E-state index in [0.29, 0.717) is 0 Å². The molecule has 1 aromatic heterocycles. The predicted octanol–water partition coefficient (Wildman–Crippen LogP) is 3.41. The maximum atomic E-state index is 6.07. The third-order valence-electron chi connectivity index (χ3n) is 4.43. The molecule has 0 N–H and O–H groups in total. The fraction of sp³-hybridized carbons (Fsp3) is 0.438. The van der Waals surface area contributed by atoms with Crippen molar-refractivity contribution in [2.45, 2.75) is 45.2 Å². The summed E-state index contributed by atoms with van der Waals surface area (Å²) in [5.74, 6) is 0. The van der Waals surface area contributed by atoms with Crippen LogP contribution in [0.1, 0.15) is 33.3 Å². The quantitative estimate of drug-likeness (QED) is 0.783. The average molecular weight is 269 g/mol. The molecule has 0 atom stereocenters. The topological polar surface area (TPSA) is 31.4 Å². The van der Waals surface area contributed by atoms with Crippen molar-refractivity contribution >= 4 is 18.0 Å². The normalized spacial score (nSPS) is 20.5. The molecule has 1 aliphatic rings. The number of hydrogen-bond donors (Lipinski definition) is 0. The van der Waals surface area contributed by atoms with Gasteiger partial charge in [-0.1, -0.05) is 18.2 Å². The summed E-state index contributed by atoms with van der Waals surface area (Å²) in [6.07, 6.45) is 2.60. The summed E-state index contributed by atoms with van der Waals surface area (Å²) in [6, 6.07) is 10.2. The fourth-order valence-corrected chi connectivity index (χ4v) is 2.56. The summed E-state index contributed by atoms with van der Waals surface area (Å²) >= 11 is 0. The lowest BCUT2D eigenvalue weighted by Gasteiger charge is -2.32. The van der Waals surface area contributed by atoms with E-state index >= 15 is 0 Å². The third-order valence-corrected chi connectivity index (χ3v) is 4.43. The van der Waals surface area contributed by atoms with Crippen LogP contribution >= 0.6 is 0 Å². The van der Waals surface area contributed by atoms with Crippen LogP contribution < -0.4 is 0 Å². The minimum Gasteiger partial charge on any atom is -0.403 e. The Hall–Kier alpha value is -1.39. The lowest BCUT2D eigenvalue weighted by atomic mass is 9.80. The summed E-state index contributed by atoms with van der Waals surface area (Å²) in [5.41, 5.74) is 1.68. The first kappa shape index (κ1) is 13.6. The second-order valence-corrected chi connectivity index (χ2v) is 6.38. The van der Waals surface area contributed by atoms with Gasteiger partial charge in [-0.15, -0.1) is 0 Å². The van der Waals surface area contributed by atoms with Crippen LogP contribution in [0.4, 0.5) is 0 Å². The zero-order valence-electron chi connectivity index (χ0n) is 12.5. The predicted molar refractivity (Wildman–Crippen MR) is 81.5 cm³/mol. The number of nitrogens with zero attached hydrogens (tertiary/aromatic N) is 1. The van der Waals surface area contributed by atoms with E-state index in [4.69, 9.17) is 9.31 Å². The Morgan fingerprint density at radius 2 is 1.65 bits per heavy atom. The molecule has 0 aliphatic carbocycles. The molecule has 3 nitrogen and oxygen atoms in total. The van der Waals surface area contributed by atoms with Crippen LogP contribution in [0.2, 0.25) is 0 Å². The van der Waals surface area contributed by atoms with Gasteiger partial charge in [-0.2, -0.15) is 0 Å². The van der Waals surface area contributed by atoms with Gasteiger partial charge in [0.15, 0.2) is 0 Å². The van der Waals surface area contributed by atoms with Gasteiger partial charge in [-0.05, 0) is 45.4 Å². The molecule has 104 valence electrons. The van der Waals surface area contributed by atoms with Crippen LogP contribution in [0.5, 0.6) is 0 Å². The molecule has 4 heteroatoms. The molecule has 1 aromatic carbocycles. The molecular weight excluding hydrogens is 249 g/mol. The van der Waals surface area contributed by atoms with E-state index < -0.39 is 0 Å². The van der Waals surface area contributed by atoms with Gasteiger partial charge >= 0.3 is 7.12 Å². The maximum Gasteiger partial charge on any atom is 0.462 e. The average Bonchev–Trinajstić information content (AvgIpc) is 2.58. The summed E-state index contributed by atoms with van der Waals surface area (Å²) < 4.78 is 12.1. The number of benzene rings is 1. The van der Waals surface area contributed by atoms with Crippen molar-refractivity contribution in [1.29, 1.82) is 0 Å². The zero-order chi connectivity index (χ0) is 14.4. The molecule has 0 unspecified atom stereocenters. The molecule has 1 fully saturated rings. The minimum absolute atomic E-state index is 0.203. The van der Waals surface area contributed by atoms with Gasteiger partial charge in [-0.25, -0.2) is 0 Å². The number of fused-ring (bicyclic) bond motifs is 1. The van der Waals surface area contributed by atoms with Crippen LogP contribution in [-0.4, -0.2) is 23.3 Å². The summed E-state index contributed by atoms with van der Waals surface area (Å²) in [6.45, 7) is 8.32. The molecule has 3 rings (SSSR count). The van der Waals surface area contributed by atoms with E-state index in [-0.39, 0.29) is 18.3 Å². The number of hydrogen-bond acceptors (Lipinski definition) is 3. The van der Waals surface area contributed by atoms with Crippen LogP contribution in [0.3, 0.4) is 0 Å². The first-order chi connectivity index (χ1) is 9.39. The van der Waals surface area contributed by atoms with Crippen molar-refractivity contribution in [3.05, 3.63) is 42.1 Å². The molecular formula is C16H20BNO2. The standard InChI is InChI=1S/C16H20BNO2/c1-15(2)16(3,4)20-17(19-15)11-12-9-10-18-14-8-6-5-7-13(12)14/h5-10H,11H2,1-4H3. The molecule has 2 heterocycles. The maximum absolute atomic E-state index is 6.07. The van der Waals surface area contributed by atoms with Crippen molar-refractivity contribution in [2.24, 2.45) is 0 Å². The highest BCUT2D eigenvalue weighted by molar-refractivity contribution is 6.45. The van der Waals surface area contributed by atoms with E-state index in [1.54, 1.807) is 0 Å². The van der Waals surface area contributed by atoms with Crippen molar-refractivity contribution < 1.29 is 9.31 Å². The van der Waals surface area contributed by atoms with Crippen molar-refractivity contribution in [1.82, 2.24) is 4.98 Å². The molecule has 0 amide bonds. The van der Waals surface area contributed by atoms with Crippen molar-refractivity contribution in [3.63, 3.8) is 0 Å². The van der Waals surface area contributed by atoms with E-state index in [1.165, 1.54) is 10.9 Å². The molecule has 1 aliphatic heterocycles.